The van der Waals surface area contributed by atoms with Crippen LogP contribution in [0.1, 0.15) is 34.0 Å². The molecule has 0 saturated carbocycles. The van der Waals surface area contributed by atoms with Gasteiger partial charge in [0.15, 0.2) is 15.7 Å². The first-order chi connectivity index (χ1) is 11.3. The molecule has 0 atom stereocenters. The van der Waals surface area contributed by atoms with E-state index in [2.05, 4.69) is 14.8 Å². The molecule has 7 nitrogen and oxygen atoms in total. The van der Waals surface area contributed by atoms with E-state index in [0.29, 0.717) is 17.7 Å². The summed E-state index contributed by atoms with van der Waals surface area (Å²) in [5.74, 6) is 1.52. The Morgan fingerprint density at radius 3 is 2.88 bits per heavy atom. The van der Waals surface area contributed by atoms with Crippen LogP contribution in [0.5, 0.6) is 0 Å². The minimum atomic E-state index is -3.13. The van der Waals surface area contributed by atoms with E-state index < -0.39 is 9.84 Å². The SMILES string of the molecule is CN(Cc1nnc2n1CCC2)C(=O)c1cccc(CS(C)(=O)=O)c1. The molecule has 2 aromatic rings. The number of fused-ring (bicyclic) bond motifs is 1. The number of aromatic nitrogens is 3. The molecule has 1 amide bonds. The fraction of sp³-hybridized carbons (Fsp3) is 0.438. The zero-order valence-electron chi connectivity index (χ0n) is 13.8. The zero-order chi connectivity index (χ0) is 17.3. The second-order valence-corrected chi connectivity index (χ2v) is 8.36. The predicted molar refractivity (Wildman–Crippen MR) is 89.1 cm³/mol. The molecule has 0 unspecified atom stereocenters. The molecule has 0 fully saturated rings. The summed E-state index contributed by atoms with van der Waals surface area (Å²) in [5.41, 5.74) is 1.08. The Labute approximate surface area is 141 Å². The fourth-order valence-corrected chi connectivity index (χ4v) is 3.71. The summed E-state index contributed by atoms with van der Waals surface area (Å²) < 4.78 is 24.9. The van der Waals surface area contributed by atoms with Crippen molar-refractivity contribution in [2.24, 2.45) is 0 Å². The Bertz CT molecular complexity index is 873. The number of sulfone groups is 1. The van der Waals surface area contributed by atoms with E-state index in [1.807, 2.05) is 0 Å². The standard InChI is InChI=1S/C16H20N4O3S/c1-19(10-15-18-17-14-7-4-8-20(14)15)16(21)13-6-3-5-12(9-13)11-24(2,22)23/h3,5-6,9H,4,7-8,10-11H2,1-2H3. The number of carbonyl (C=O) groups excluding carboxylic acids is 1. The summed E-state index contributed by atoms with van der Waals surface area (Å²) >= 11 is 0. The van der Waals surface area contributed by atoms with Crippen LogP contribution in [0.2, 0.25) is 0 Å². The number of aryl methyl sites for hydroxylation is 1. The third-order valence-corrected chi connectivity index (χ3v) is 4.87. The van der Waals surface area contributed by atoms with Crippen molar-refractivity contribution in [3.8, 4) is 0 Å². The molecule has 1 aromatic heterocycles. The van der Waals surface area contributed by atoms with Gasteiger partial charge in [0, 0.05) is 31.8 Å². The molecule has 128 valence electrons. The van der Waals surface area contributed by atoms with Gasteiger partial charge in [-0.3, -0.25) is 4.79 Å². The number of hydrogen-bond donors (Lipinski definition) is 0. The Morgan fingerprint density at radius 2 is 2.12 bits per heavy atom. The first-order valence-electron chi connectivity index (χ1n) is 7.76. The highest BCUT2D eigenvalue weighted by Gasteiger charge is 2.20. The van der Waals surface area contributed by atoms with Crippen LogP contribution in [0.15, 0.2) is 24.3 Å². The second-order valence-electron chi connectivity index (χ2n) is 6.22. The van der Waals surface area contributed by atoms with E-state index in [1.54, 1.807) is 36.2 Å². The van der Waals surface area contributed by atoms with Gasteiger partial charge < -0.3 is 9.47 Å². The zero-order valence-corrected chi connectivity index (χ0v) is 14.6. The van der Waals surface area contributed by atoms with Gasteiger partial charge in [-0.05, 0) is 24.1 Å². The maximum absolute atomic E-state index is 12.6. The Hall–Kier alpha value is -2.22. The van der Waals surface area contributed by atoms with Gasteiger partial charge >= 0.3 is 0 Å². The van der Waals surface area contributed by atoms with Crippen molar-refractivity contribution in [1.29, 1.82) is 0 Å². The van der Waals surface area contributed by atoms with Crippen LogP contribution in [0.25, 0.3) is 0 Å². The van der Waals surface area contributed by atoms with Gasteiger partial charge in [-0.15, -0.1) is 10.2 Å². The first-order valence-corrected chi connectivity index (χ1v) is 9.82. The lowest BCUT2D eigenvalue weighted by Gasteiger charge is -2.17. The smallest absolute Gasteiger partial charge is 0.254 e. The molecule has 0 saturated heterocycles. The van der Waals surface area contributed by atoms with E-state index in [0.717, 1.165) is 31.0 Å². The number of rotatable bonds is 5. The number of benzene rings is 1. The molecule has 3 rings (SSSR count). The summed E-state index contributed by atoms with van der Waals surface area (Å²) in [4.78, 5) is 14.2. The van der Waals surface area contributed by atoms with Crippen molar-refractivity contribution >= 4 is 15.7 Å². The third kappa shape index (κ3) is 3.64. The maximum atomic E-state index is 12.6. The lowest BCUT2D eigenvalue weighted by molar-refractivity contribution is 0.0780. The highest BCUT2D eigenvalue weighted by molar-refractivity contribution is 7.89. The van der Waals surface area contributed by atoms with Gasteiger partial charge in [0.05, 0.1) is 12.3 Å². The molecule has 0 aliphatic carbocycles. The van der Waals surface area contributed by atoms with E-state index >= 15 is 0 Å². The monoisotopic (exact) mass is 348 g/mol. The average Bonchev–Trinajstić information content (AvgIpc) is 3.10. The van der Waals surface area contributed by atoms with Crippen LogP contribution in [0.3, 0.4) is 0 Å². The third-order valence-electron chi connectivity index (χ3n) is 4.01. The van der Waals surface area contributed by atoms with E-state index in [-0.39, 0.29) is 11.7 Å². The van der Waals surface area contributed by atoms with Crippen molar-refractivity contribution in [3.63, 3.8) is 0 Å². The summed E-state index contributed by atoms with van der Waals surface area (Å²) in [5, 5.41) is 8.30. The summed E-state index contributed by atoms with van der Waals surface area (Å²) in [7, 11) is -1.42. The van der Waals surface area contributed by atoms with E-state index in [4.69, 9.17) is 0 Å². The topological polar surface area (TPSA) is 85.2 Å². The lowest BCUT2D eigenvalue weighted by atomic mass is 10.1. The average molecular weight is 348 g/mol. The van der Waals surface area contributed by atoms with Crippen molar-refractivity contribution in [2.75, 3.05) is 13.3 Å². The highest BCUT2D eigenvalue weighted by atomic mass is 32.2. The number of amides is 1. The van der Waals surface area contributed by atoms with Gasteiger partial charge in [0.1, 0.15) is 5.82 Å². The summed E-state index contributed by atoms with van der Waals surface area (Å²) in [6, 6.07) is 6.74. The van der Waals surface area contributed by atoms with Crippen molar-refractivity contribution in [2.45, 2.75) is 31.7 Å². The second kappa shape index (κ2) is 6.35. The Morgan fingerprint density at radius 1 is 1.33 bits per heavy atom. The molecule has 0 spiro atoms. The molecule has 1 aliphatic rings. The molecular weight excluding hydrogens is 328 g/mol. The van der Waals surface area contributed by atoms with Crippen LogP contribution >= 0.6 is 0 Å². The molecule has 0 N–H and O–H groups in total. The number of hydrogen-bond acceptors (Lipinski definition) is 5. The van der Waals surface area contributed by atoms with E-state index in [1.165, 1.54) is 6.26 Å². The molecule has 24 heavy (non-hydrogen) atoms. The van der Waals surface area contributed by atoms with Crippen molar-refractivity contribution in [3.05, 3.63) is 47.0 Å². The van der Waals surface area contributed by atoms with Gasteiger partial charge in [-0.1, -0.05) is 12.1 Å². The molecule has 1 aliphatic heterocycles. The lowest BCUT2D eigenvalue weighted by Crippen LogP contribution is -2.27. The largest absolute Gasteiger partial charge is 0.334 e. The molecule has 0 radical (unpaired) electrons. The van der Waals surface area contributed by atoms with E-state index in [9.17, 15) is 13.2 Å². The molecule has 1 aromatic carbocycles. The molecule has 2 heterocycles. The summed E-state index contributed by atoms with van der Waals surface area (Å²) in [6.45, 7) is 1.27. The van der Waals surface area contributed by atoms with Crippen molar-refractivity contribution < 1.29 is 13.2 Å². The van der Waals surface area contributed by atoms with Crippen molar-refractivity contribution in [1.82, 2.24) is 19.7 Å². The molecular formula is C16H20N4O3S. The minimum Gasteiger partial charge on any atom is -0.334 e. The fourth-order valence-electron chi connectivity index (χ4n) is 2.93. The van der Waals surface area contributed by atoms with Crippen LogP contribution in [-0.4, -0.2) is 47.3 Å². The number of nitrogens with zero attached hydrogens (tertiary/aromatic N) is 4. The van der Waals surface area contributed by atoms with Crippen LogP contribution in [0.4, 0.5) is 0 Å². The molecule has 8 heteroatoms. The first kappa shape index (κ1) is 16.6. The van der Waals surface area contributed by atoms with Crippen LogP contribution in [-0.2, 0) is 35.1 Å². The van der Waals surface area contributed by atoms with Crippen LogP contribution in [0, 0.1) is 0 Å². The highest BCUT2D eigenvalue weighted by Crippen LogP contribution is 2.16. The van der Waals surface area contributed by atoms with Gasteiger partial charge in [0.25, 0.3) is 5.91 Å². The quantitative estimate of drug-likeness (QED) is 0.806. The normalized spacial score (nSPS) is 13.8. The summed E-state index contributed by atoms with van der Waals surface area (Å²) in [6.07, 6.45) is 3.17. The number of carbonyl (C=O) groups is 1. The maximum Gasteiger partial charge on any atom is 0.254 e. The van der Waals surface area contributed by atoms with Gasteiger partial charge in [-0.2, -0.15) is 0 Å². The molecule has 0 bridgehead atoms. The minimum absolute atomic E-state index is 0.0739. The Kier molecular flexibility index (Phi) is 4.40. The van der Waals surface area contributed by atoms with Gasteiger partial charge in [-0.25, -0.2) is 8.42 Å². The predicted octanol–water partition coefficient (Wildman–Crippen LogP) is 1.04. The Balaban J connectivity index is 1.74. The van der Waals surface area contributed by atoms with Gasteiger partial charge in [0.2, 0.25) is 0 Å². The van der Waals surface area contributed by atoms with Crippen LogP contribution < -0.4 is 0 Å².